The van der Waals surface area contributed by atoms with E-state index in [4.69, 9.17) is 14.5 Å². The van der Waals surface area contributed by atoms with Crippen LogP contribution in [0.25, 0.3) is 10.2 Å². The lowest BCUT2D eigenvalue weighted by Gasteiger charge is -2.26. The fourth-order valence-electron chi connectivity index (χ4n) is 5.18. The molecule has 174 valence electrons. The Hall–Kier alpha value is -2.87. The van der Waals surface area contributed by atoms with Crippen molar-refractivity contribution in [3.8, 4) is 11.5 Å². The van der Waals surface area contributed by atoms with Gasteiger partial charge in [-0.1, -0.05) is 0 Å². The van der Waals surface area contributed by atoms with Crippen LogP contribution in [0.3, 0.4) is 0 Å². The minimum absolute atomic E-state index is 0.0168. The summed E-state index contributed by atoms with van der Waals surface area (Å²) in [5.41, 5.74) is 2.12. The number of carbonyl (C=O) groups is 1. The lowest BCUT2D eigenvalue weighted by Crippen LogP contribution is -2.31. The molecule has 3 heterocycles. The number of aryl methyl sites for hydroxylation is 3. The van der Waals surface area contributed by atoms with Crippen molar-refractivity contribution >= 4 is 27.5 Å². The number of amides is 1. The molecule has 1 aromatic carbocycles. The molecule has 0 spiro atoms. The van der Waals surface area contributed by atoms with Crippen molar-refractivity contribution in [2.45, 2.75) is 57.4 Å². The molecule has 0 saturated carbocycles. The average molecular weight is 468 g/mol. The quantitative estimate of drug-likeness (QED) is 0.588. The summed E-state index contributed by atoms with van der Waals surface area (Å²) >= 11 is 1.64. The van der Waals surface area contributed by atoms with Gasteiger partial charge in [-0.25, -0.2) is 4.98 Å². The van der Waals surface area contributed by atoms with Crippen LogP contribution in [-0.4, -0.2) is 41.5 Å². The van der Waals surface area contributed by atoms with Crippen LogP contribution in [0, 0.1) is 0 Å². The van der Waals surface area contributed by atoms with Crippen LogP contribution in [0.15, 0.2) is 23.0 Å². The van der Waals surface area contributed by atoms with Crippen molar-refractivity contribution in [1.82, 2.24) is 14.9 Å². The monoisotopic (exact) mass is 467 g/mol. The van der Waals surface area contributed by atoms with Gasteiger partial charge in [0.2, 0.25) is 5.91 Å². The van der Waals surface area contributed by atoms with Crippen LogP contribution in [-0.2, 0) is 24.1 Å². The Morgan fingerprint density at radius 3 is 2.88 bits per heavy atom. The summed E-state index contributed by atoms with van der Waals surface area (Å²) in [7, 11) is 3.26. The van der Waals surface area contributed by atoms with Gasteiger partial charge < -0.3 is 19.4 Å². The largest absolute Gasteiger partial charge is 0.497 e. The van der Waals surface area contributed by atoms with Gasteiger partial charge in [0.05, 0.1) is 25.6 Å². The van der Waals surface area contributed by atoms with Crippen LogP contribution in [0.5, 0.6) is 11.5 Å². The number of nitrogens with zero attached hydrogens (tertiary/aromatic N) is 2. The van der Waals surface area contributed by atoms with Crippen LogP contribution >= 0.6 is 11.3 Å². The van der Waals surface area contributed by atoms with Crippen molar-refractivity contribution in [1.29, 1.82) is 0 Å². The first-order valence-corrected chi connectivity index (χ1v) is 12.5. The summed E-state index contributed by atoms with van der Waals surface area (Å²) in [5, 5.41) is 0.760. The van der Waals surface area contributed by atoms with E-state index in [-0.39, 0.29) is 17.5 Å². The number of carbonyl (C=O) groups excluding carboxylic acids is 1. The fraction of sp³-hybridized carbons (Fsp3) is 0.480. The second-order valence-corrected chi connectivity index (χ2v) is 9.84. The number of methoxy groups -OCH3 is 2. The van der Waals surface area contributed by atoms with Crippen molar-refractivity contribution in [3.05, 3.63) is 50.4 Å². The van der Waals surface area contributed by atoms with Gasteiger partial charge in [0.1, 0.15) is 22.2 Å². The van der Waals surface area contributed by atoms with E-state index in [2.05, 4.69) is 4.98 Å². The highest BCUT2D eigenvalue weighted by Crippen LogP contribution is 2.39. The van der Waals surface area contributed by atoms with Gasteiger partial charge in [-0.15, -0.1) is 11.3 Å². The van der Waals surface area contributed by atoms with Crippen molar-refractivity contribution in [3.63, 3.8) is 0 Å². The highest BCUT2D eigenvalue weighted by atomic mass is 32.1. The second kappa shape index (κ2) is 9.17. The van der Waals surface area contributed by atoms with E-state index in [1.807, 2.05) is 23.1 Å². The number of H-pyrrole nitrogens is 1. The van der Waals surface area contributed by atoms with E-state index in [1.165, 1.54) is 16.9 Å². The summed E-state index contributed by atoms with van der Waals surface area (Å²) in [6.07, 6.45) is 6.89. The molecule has 5 rings (SSSR count). The topological polar surface area (TPSA) is 84.5 Å². The highest BCUT2D eigenvalue weighted by Gasteiger charge is 2.32. The molecule has 2 aromatic heterocycles. The molecule has 0 bridgehead atoms. The standard InChI is InChI=1S/C25H29N3O4S/c1-31-15-9-10-16(19(14-15)32-2)18-7-5-13-28(18)22(29)12-11-21-26-24(30)23-17-6-3-4-8-20(17)33-25(23)27-21/h9-10,14,18H,3-8,11-13H2,1-2H3,(H,26,27,30)/t18-/m0/s1. The molecule has 1 amide bonds. The zero-order valence-electron chi connectivity index (χ0n) is 19.1. The van der Waals surface area contributed by atoms with Gasteiger partial charge in [-0.2, -0.15) is 0 Å². The normalized spacial score (nSPS) is 17.9. The first-order chi connectivity index (χ1) is 16.1. The third-order valence-corrected chi connectivity index (χ3v) is 8.01. The molecule has 1 saturated heterocycles. The second-order valence-electron chi connectivity index (χ2n) is 8.76. The van der Waals surface area contributed by atoms with Gasteiger partial charge in [0.25, 0.3) is 5.56 Å². The molecule has 1 N–H and O–H groups in total. The van der Waals surface area contributed by atoms with Gasteiger partial charge in [-0.05, 0) is 56.2 Å². The molecule has 7 nitrogen and oxygen atoms in total. The maximum atomic E-state index is 13.2. The number of rotatable bonds is 6. The van der Waals surface area contributed by atoms with Crippen LogP contribution < -0.4 is 15.0 Å². The van der Waals surface area contributed by atoms with Crippen LogP contribution in [0.4, 0.5) is 0 Å². The van der Waals surface area contributed by atoms with E-state index >= 15 is 0 Å². The Balaban J connectivity index is 1.33. The molecule has 0 radical (unpaired) electrons. The number of nitrogens with one attached hydrogen (secondary N) is 1. The zero-order valence-corrected chi connectivity index (χ0v) is 19.9. The molecule has 1 aliphatic carbocycles. The van der Waals surface area contributed by atoms with E-state index in [9.17, 15) is 9.59 Å². The number of aromatic amines is 1. The molecular formula is C25H29N3O4S. The van der Waals surface area contributed by atoms with Crippen molar-refractivity contribution < 1.29 is 14.3 Å². The third-order valence-electron chi connectivity index (χ3n) is 6.82. The predicted molar refractivity (Wildman–Crippen MR) is 128 cm³/mol. The molecule has 33 heavy (non-hydrogen) atoms. The molecule has 1 fully saturated rings. The Morgan fingerprint density at radius 1 is 1.21 bits per heavy atom. The zero-order chi connectivity index (χ0) is 22.9. The Morgan fingerprint density at radius 2 is 2.06 bits per heavy atom. The number of aromatic nitrogens is 2. The van der Waals surface area contributed by atoms with Crippen LogP contribution in [0.2, 0.25) is 0 Å². The minimum atomic E-state index is -0.0659. The highest BCUT2D eigenvalue weighted by molar-refractivity contribution is 7.18. The summed E-state index contributed by atoms with van der Waals surface area (Å²) < 4.78 is 10.9. The lowest BCUT2D eigenvalue weighted by atomic mass is 9.97. The molecule has 1 atom stereocenters. The number of benzene rings is 1. The summed E-state index contributed by atoms with van der Waals surface area (Å²) in [5.74, 6) is 2.13. The average Bonchev–Trinajstić information content (AvgIpc) is 3.47. The number of likely N-dealkylation sites (tertiary alicyclic amines) is 1. The Labute approximate surface area is 196 Å². The number of ether oxygens (including phenoxy) is 2. The molecular weight excluding hydrogens is 438 g/mol. The SMILES string of the molecule is COc1ccc([C@@H]2CCCN2C(=O)CCc2nc3sc4c(c3c(=O)[nH]2)CCCC4)c(OC)c1. The van der Waals surface area contributed by atoms with E-state index in [1.54, 1.807) is 25.6 Å². The number of thiophene rings is 1. The number of hydrogen-bond acceptors (Lipinski definition) is 6. The lowest BCUT2D eigenvalue weighted by molar-refractivity contribution is -0.132. The minimum Gasteiger partial charge on any atom is -0.497 e. The van der Waals surface area contributed by atoms with Gasteiger partial charge in [0, 0.05) is 35.9 Å². The number of hydrogen-bond donors (Lipinski definition) is 1. The summed E-state index contributed by atoms with van der Waals surface area (Å²) in [6, 6.07) is 5.74. The fourth-order valence-corrected chi connectivity index (χ4v) is 6.46. The Bertz CT molecular complexity index is 1250. The predicted octanol–water partition coefficient (Wildman–Crippen LogP) is 4.18. The summed E-state index contributed by atoms with van der Waals surface area (Å²) in [6.45, 7) is 0.722. The van der Waals surface area contributed by atoms with Crippen molar-refractivity contribution in [2.24, 2.45) is 0 Å². The van der Waals surface area contributed by atoms with E-state index in [0.717, 1.165) is 65.9 Å². The Kier molecular flexibility index (Phi) is 6.10. The molecule has 2 aliphatic rings. The molecule has 3 aromatic rings. The third kappa shape index (κ3) is 4.12. The molecule has 8 heteroatoms. The number of fused-ring (bicyclic) bond motifs is 3. The molecule has 1 aliphatic heterocycles. The van der Waals surface area contributed by atoms with Crippen LogP contribution in [0.1, 0.15) is 60.0 Å². The summed E-state index contributed by atoms with van der Waals surface area (Å²) in [4.78, 5) is 37.7. The van der Waals surface area contributed by atoms with Gasteiger partial charge >= 0.3 is 0 Å². The first-order valence-electron chi connectivity index (χ1n) is 11.6. The molecule has 0 unspecified atom stereocenters. The van der Waals surface area contributed by atoms with Gasteiger partial charge in [0.15, 0.2) is 0 Å². The van der Waals surface area contributed by atoms with E-state index < -0.39 is 0 Å². The van der Waals surface area contributed by atoms with Crippen molar-refractivity contribution in [2.75, 3.05) is 20.8 Å². The van der Waals surface area contributed by atoms with E-state index in [0.29, 0.717) is 18.7 Å². The maximum Gasteiger partial charge on any atom is 0.259 e. The smallest absolute Gasteiger partial charge is 0.259 e. The maximum absolute atomic E-state index is 13.2. The first kappa shape index (κ1) is 21.9. The van der Waals surface area contributed by atoms with Gasteiger partial charge in [-0.3, -0.25) is 9.59 Å².